The molecule has 2 aliphatic rings. The van der Waals surface area contributed by atoms with E-state index in [9.17, 15) is 8.42 Å². The van der Waals surface area contributed by atoms with E-state index in [0.29, 0.717) is 19.8 Å². The van der Waals surface area contributed by atoms with Crippen LogP contribution >= 0.6 is 11.8 Å². The van der Waals surface area contributed by atoms with E-state index in [-0.39, 0.29) is 17.3 Å². The topological polar surface area (TPSA) is 74.3 Å². The third kappa shape index (κ3) is 15.2. The van der Waals surface area contributed by atoms with Crippen molar-refractivity contribution in [3.8, 4) is 0 Å². The summed E-state index contributed by atoms with van der Waals surface area (Å²) in [7, 11) is -3.88. The minimum absolute atomic E-state index is 0.0391. The van der Waals surface area contributed by atoms with Crippen molar-refractivity contribution in [3.63, 3.8) is 0 Å². The van der Waals surface area contributed by atoms with Gasteiger partial charge in [0.05, 0.1) is 23.8 Å². The molecular formula is C41H65NO6S2. The SMILES string of the molecule is CCCCCCCCCCCCCCCCCC1OCC(COCCCCCCN2c3ccccc3SC2OS(=O)(=O)c2ccc(C)cc2)O1. The maximum atomic E-state index is 13.0. The average molecular weight is 732 g/mol. The van der Waals surface area contributed by atoms with Crippen molar-refractivity contribution in [2.45, 2.75) is 170 Å². The molecule has 7 nitrogen and oxygen atoms in total. The van der Waals surface area contributed by atoms with Gasteiger partial charge in [-0.05, 0) is 56.9 Å². The molecule has 0 bridgehead atoms. The molecule has 3 atom stereocenters. The highest BCUT2D eigenvalue weighted by Crippen LogP contribution is 2.44. The smallest absolute Gasteiger partial charge is 0.299 e. The van der Waals surface area contributed by atoms with Crippen molar-refractivity contribution < 1.29 is 26.8 Å². The quantitative estimate of drug-likeness (QED) is 0.0632. The van der Waals surface area contributed by atoms with Crippen LogP contribution in [0.3, 0.4) is 0 Å². The summed E-state index contributed by atoms with van der Waals surface area (Å²) < 4.78 is 49.8. The van der Waals surface area contributed by atoms with Crippen LogP contribution in [0.5, 0.6) is 0 Å². The molecule has 0 radical (unpaired) electrons. The summed E-state index contributed by atoms with van der Waals surface area (Å²) in [4.78, 5) is 3.31. The van der Waals surface area contributed by atoms with Crippen LogP contribution < -0.4 is 4.90 Å². The fourth-order valence-corrected chi connectivity index (χ4v) is 9.12. The second-order valence-corrected chi connectivity index (χ2v) is 16.8. The lowest BCUT2D eigenvalue weighted by atomic mass is 10.0. The number of unbranched alkanes of at least 4 members (excludes halogenated alkanes) is 17. The summed E-state index contributed by atoms with van der Waals surface area (Å²) in [6.45, 7) is 6.88. The predicted octanol–water partition coefficient (Wildman–Crippen LogP) is 11.2. The van der Waals surface area contributed by atoms with E-state index in [0.717, 1.165) is 54.8 Å². The Hall–Kier alpha value is -1.62. The number of hydrogen-bond donors (Lipinski definition) is 0. The minimum Gasteiger partial charge on any atom is -0.379 e. The van der Waals surface area contributed by atoms with Crippen LogP contribution in [0, 0.1) is 6.92 Å². The van der Waals surface area contributed by atoms with E-state index in [2.05, 4.69) is 11.8 Å². The van der Waals surface area contributed by atoms with Crippen molar-refractivity contribution in [2.24, 2.45) is 0 Å². The number of para-hydroxylation sites is 1. The van der Waals surface area contributed by atoms with Crippen LogP contribution in [-0.4, -0.2) is 52.7 Å². The molecule has 0 amide bonds. The third-order valence-corrected chi connectivity index (χ3v) is 12.3. The van der Waals surface area contributed by atoms with Gasteiger partial charge in [0.1, 0.15) is 6.10 Å². The van der Waals surface area contributed by atoms with Crippen molar-refractivity contribution in [3.05, 3.63) is 54.1 Å². The molecule has 1 saturated heterocycles. The molecule has 2 aliphatic heterocycles. The van der Waals surface area contributed by atoms with E-state index in [4.69, 9.17) is 18.4 Å². The summed E-state index contributed by atoms with van der Waals surface area (Å²) in [6, 6.07) is 14.8. The molecule has 1 fully saturated rings. The molecule has 50 heavy (non-hydrogen) atoms. The minimum atomic E-state index is -3.88. The number of fused-ring (bicyclic) bond motifs is 1. The first kappa shape index (κ1) is 41.1. The van der Waals surface area contributed by atoms with Gasteiger partial charge in [-0.2, -0.15) is 8.42 Å². The molecule has 2 aromatic rings. The fraction of sp³-hybridized carbons (Fsp3) is 0.707. The first-order valence-corrected chi connectivity index (χ1v) is 22.1. The molecule has 282 valence electrons. The summed E-state index contributed by atoms with van der Waals surface area (Å²) >= 11 is 1.45. The molecule has 4 rings (SSSR count). The largest absolute Gasteiger partial charge is 0.379 e. The Morgan fingerprint density at radius 2 is 1.36 bits per heavy atom. The van der Waals surface area contributed by atoms with E-state index >= 15 is 0 Å². The Morgan fingerprint density at radius 3 is 2.04 bits per heavy atom. The van der Waals surface area contributed by atoms with Gasteiger partial charge in [0.25, 0.3) is 10.1 Å². The van der Waals surface area contributed by atoms with Crippen LogP contribution in [0.1, 0.15) is 141 Å². The van der Waals surface area contributed by atoms with Gasteiger partial charge in [-0.25, -0.2) is 4.18 Å². The maximum absolute atomic E-state index is 13.0. The number of rotatable bonds is 28. The van der Waals surface area contributed by atoms with Crippen LogP contribution in [0.15, 0.2) is 58.3 Å². The number of hydrogen-bond acceptors (Lipinski definition) is 8. The highest BCUT2D eigenvalue weighted by Gasteiger charge is 2.34. The zero-order valence-corrected chi connectivity index (χ0v) is 32.7. The van der Waals surface area contributed by atoms with Gasteiger partial charge < -0.3 is 19.1 Å². The Morgan fingerprint density at radius 1 is 0.760 bits per heavy atom. The average Bonchev–Trinajstić information content (AvgIpc) is 3.71. The first-order chi connectivity index (χ1) is 24.5. The first-order valence-electron chi connectivity index (χ1n) is 19.8. The lowest BCUT2D eigenvalue weighted by Crippen LogP contribution is -2.34. The zero-order chi connectivity index (χ0) is 35.3. The maximum Gasteiger partial charge on any atom is 0.299 e. The Balaban J connectivity index is 0.974. The monoisotopic (exact) mass is 731 g/mol. The number of aryl methyl sites for hydroxylation is 1. The van der Waals surface area contributed by atoms with E-state index in [1.165, 1.54) is 108 Å². The van der Waals surface area contributed by atoms with E-state index in [1.807, 2.05) is 31.2 Å². The second kappa shape index (κ2) is 23.8. The van der Waals surface area contributed by atoms with Gasteiger partial charge in [-0.3, -0.25) is 0 Å². The molecule has 2 aromatic carbocycles. The molecular weight excluding hydrogens is 667 g/mol. The standard InChI is InChI=1S/C41H65NO6S2/c1-3-4-5-6-7-8-9-10-11-12-13-14-15-16-19-26-40-46-34-36(47-40)33-45-32-23-18-17-22-31-42-38-24-20-21-25-39(38)49-41(42)48-50(43,44)37-29-27-35(2)28-30-37/h20-21,24-25,27-30,36,40-41H,3-19,22-23,26,31-34H2,1-2H3. The Bertz CT molecular complexity index is 1290. The van der Waals surface area contributed by atoms with E-state index in [1.54, 1.807) is 24.3 Å². The molecule has 0 N–H and O–H groups in total. The fourth-order valence-electron chi connectivity index (χ4n) is 6.73. The summed E-state index contributed by atoms with van der Waals surface area (Å²) in [6.07, 6.45) is 25.6. The number of nitrogens with zero attached hydrogens (tertiary/aromatic N) is 1. The number of anilines is 1. The highest BCUT2D eigenvalue weighted by atomic mass is 32.2. The van der Waals surface area contributed by atoms with Gasteiger partial charge >= 0.3 is 0 Å². The molecule has 0 saturated carbocycles. The van der Waals surface area contributed by atoms with Gasteiger partial charge in [-0.1, -0.05) is 151 Å². The molecule has 0 aliphatic carbocycles. The normalized spacial score (nSPS) is 19.0. The second-order valence-electron chi connectivity index (χ2n) is 14.2. The van der Waals surface area contributed by atoms with Crippen molar-refractivity contribution in [1.82, 2.24) is 0 Å². The molecule has 0 spiro atoms. The molecule has 2 heterocycles. The van der Waals surface area contributed by atoms with Crippen LogP contribution in [0.4, 0.5) is 5.69 Å². The Kier molecular flexibility index (Phi) is 19.6. The molecule has 3 unspecified atom stereocenters. The number of ether oxygens (including phenoxy) is 3. The van der Waals surface area contributed by atoms with Crippen LogP contribution in [-0.2, 0) is 28.5 Å². The third-order valence-electron chi connectivity index (χ3n) is 9.77. The number of benzene rings is 2. The predicted molar refractivity (Wildman–Crippen MR) is 206 cm³/mol. The van der Waals surface area contributed by atoms with Gasteiger partial charge in [0.2, 0.25) is 5.56 Å². The lowest BCUT2D eigenvalue weighted by molar-refractivity contribution is -0.0761. The number of thioether (sulfide) groups is 1. The van der Waals surface area contributed by atoms with Crippen LogP contribution in [0.25, 0.3) is 0 Å². The highest BCUT2D eigenvalue weighted by molar-refractivity contribution is 8.01. The van der Waals surface area contributed by atoms with Crippen LogP contribution in [0.2, 0.25) is 0 Å². The summed E-state index contributed by atoms with van der Waals surface area (Å²) in [5.74, 6) is 0. The Labute approximate surface area is 308 Å². The molecule has 0 aromatic heterocycles. The lowest BCUT2D eigenvalue weighted by Gasteiger charge is -2.26. The zero-order valence-electron chi connectivity index (χ0n) is 31.0. The van der Waals surface area contributed by atoms with Gasteiger partial charge in [-0.15, -0.1) is 0 Å². The van der Waals surface area contributed by atoms with E-state index < -0.39 is 15.7 Å². The van der Waals surface area contributed by atoms with Crippen molar-refractivity contribution in [2.75, 3.05) is 31.3 Å². The van der Waals surface area contributed by atoms with Gasteiger partial charge in [0.15, 0.2) is 6.29 Å². The van der Waals surface area contributed by atoms with Crippen molar-refractivity contribution >= 4 is 27.6 Å². The van der Waals surface area contributed by atoms with Gasteiger partial charge in [0, 0.05) is 18.0 Å². The summed E-state index contributed by atoms with van der Waals surface area (Å²) in [5, 5.41) is 0. The molecule has 9 heteroatoms. The van der Waals surface area contributed by atoms with Crippen molar-refractivity contribution in [1.29, 1.82) is 0 Å². The summed E-state index contributed by atoms with van der Waals surface area (Å²) in [5.41, 5.74) is 1.43.